The van der Waals surface area contributed by atoms with Crippen LogP contribution in [-0.4, -0.2) is 41.9 Å². The fraction of sp³-hybridized carbons (Fsp3) is 0.455. The van der Waals surface area contributed by atoms with Gasteiger partial charge in [0.15, 0.2) is 0 Å². The highest BCUT2D eigenvalue weighted by Gasteiger charge is 2.29. The quantitative estimate of drug-likeness (QED) is 0.661. The van der Waals surface area contributed by atoms with Gasteiger partial charge in [-0.15, -0.1) is 0 Å². The van der Waals surface area contributed by atoms with Gasteiger partial charge in [0.25, 0.3) is 0 Å². The molecule has 0 N–H and O–H groups in total. The maximum absolute atomic E-state index is 13.0. The second-order valence-corrected chi connectivity index (χ2v) is 6.93. The van der Waals surface area contributed by atoms with Gasteiger partial charge in [-0.3, -0.25) is 9.69 Å². The highest BCUT2D eigenvalue weighted by molar-refractivity contribution is 5.78. The molecule has 0 radical (unpaired) electrons. The summed E-state index contributed by atoms with van der Waals surface area (Å²) >= 11 is 0. The van der Waals surface area contributed by atoms with E-state index in [1.54, 1.807) is 11.2 Å². The molecule has 0 saturated carbocycles. The lowest BCUT2D eigenvalue weighted by atomic mass is 10.0. The first-order valence-corrected chi connectivity index (χ1v) is 9.85. The zero-order valence-electron chi connectivity index (χ0n) is 16.3. The normalized spacial score (nSPS) is 16.6. The van der Waals surface area contributed by atoms with E-state index in [-0.39, 0.29) is 11.9 Å². The Morgan fingerprint density at radius 2 is 2.18 bits per heavy atom. The van der Waals surface area contributed by atoms with E-state index in [0.717, 1.165) is 30.9 Å². The second kappa shape index (κ2) is 9.95. The third-order valence-corrected chi connectivity index (χ3v) is 5.05. The van der Waals surface area contributed by atoms with Crippen molar-refractivity contribution in [1.82, 2.24) is 9.80 Å². The van der Waals surface area contributed by atoms with Crippen molar-refractivity contribution in [2.24, 2.45) is 0 Å². The number of ether oxygens (including phenoxy) is 1. The number of carbonyl (C=O) groups excluding carboxylic acids is 1. The van der Waals surface area contributed by atoms with E-state index in [9.17, 15) is 4.79 Å². The van der Waals surface area contributed by atoms with Crippen LogP contribution in [0.3, 0.4) is 0 Å². The van der Waals surface area contributed by atoms with E-state index >= 15 is 0 Å². The Labute approximate surface area is 166 Å². The fourth-order valence-corrected chi connectivity index (χ4v) is 3.69. The first-order chi connectivity index (χ1) is 13.7. The fourth-order valence-electron chi connectivity index (χ4n) is 3.69. The van der Waals surface area contributed by atoms with E-state index in [0.29, 0.717) is 32.7 Å². The average molecular weight is 381 g/mol. The third kappa shape index (κ3) is 5.14. The minimum atomic E-state index is 0.0319. The first-order valence-electron chi connectivity index (χ1n) is 9.85. The number of nitrogens with zero attached hydrogens (tertiary/aromatic N) is 3. The molecule has 1 amide bonds. The summed E-state index contributed by atoms with van der Waals surface area (Å²) in [4.78, 5) is 16.9. The lowest BCUT2D eigenvalue weighted by molar-refractivity contribution is -0.133. The molecule has 1 aromatic carbocycles. The molecule has 2 aromatic rings. The number of hydrogen-bond acceptors (Lipinski definition) is 5. The van der Waals surface area contributed by atoms with Gasteiger partial charge in [-0.2, -0.15) is 5.26 Å². The van der Waals surface area contributed by atoms with Crippen LogP contribution < -0.4 is 4.74 Å². The molecular weight excluding hydrogens is 354 g/mol. The van der Waals surface area contributed by atoms with Gasteiger partial charge < -0.3 is 14.1 Å². The molecule has 1 aliphatic heterocycles. The number of hydrogen-bond donors (Lipinski definition) is 0. The minimum Gasteiger partial charge on any atom is -0.494 e. The molecule has 0 spiro atoms. The molecule has 6 nitrogen and oxygen atoms in total. The summed E-state index contributed by atoms with van der Waals surface area (Å²) in [5.41, 5.74) is 1.21. The maximum Gasteiger partial charge on any atom is 0.237 e. The van der Waals surface area contributed by atoms with E-state index in [4.69, 9.17) is 14.4 Å². The molecule has 3 rings (SSSR count). The van der Waals surface area contributed by atoms with Crippen molar-refractivity contribution in [2.75, 3.05) is 26.2 Å². The maximum atomic E-state index is 13.0. The Hall–Kier alpha value is -2.78. The number of furan rings is 1. The summed E-state index contributed by atoms with van der Waals surface area (Å²) in [6.45, 7) is 4.68. The predicted molar refractivity (Wildman–Crippen MR) is 106 cm³/mol. The molecular formula is C22H27N3O3. The smallest absolute Gasteiger partial charge is 0.237 e. The van der Waals surface area contributed by atoms with Gasteiger partial charge in [0.2, 0.25) is 5.91 Å². The number of amides is 1. The highest BCUT2D eigenvalue weighted by Crippen LogP contribution is 2.32. The molecule has 1 unspecified atom stereocenters. The van der Waals surface area contributed by atoms with Gasteiger partial charge in [-0.25, -0.2) is 0 Å². The summed E-state index contributed by atoms with van der Waals surface area (Å²) in [5.74, 6) is 1.63. The Bertz CT molecular complexity index is 780. The lowest BCUT2D eigenvalue weighted by Gasteiger charge is -2.28. The van der Waals surface area contributed by atoms with Crippen molar-refractivity contribution in [3.63, 3.8) is 0 Å². The topological polar surface area (TPSA) is 69.7 Å². The molecule has 0 bridgehead atoms. The largest absolute Gasteiger partial charge is 0.494 e. The Morgan fingerprint density at radius 3 is 2.86 bits per heavy atom. The lowest BCUT2D eigenvalue weighted by Crippen LogP contribution is -2.40. The Morgan fingerprint density at radius 1 is 1.36 bits per heavy atom. The molecule has 1 aromatic heterocycles. The van der Waals surface area contributed by atoms with Crippen LogP contribution in [0, 0.1) is 11.3 Å². The predicted octanol–water partition coefficient (Wildman–Crippen LogP) is 3.76. The zero-order chi connectivity index (χ0) is 19.8. The van der Waals surface area contributed by atoms with Crippen LogP contribution in [-0.2, 0) is 11.3 Å². The van der Waals surface area contributed by atoms with E-state index in [1.807, 2.05) is 31.2 Å². The van der Waals surface area contributed by atoms with Crippen molar-refractivity contribution in [3.8, 4) is 11.8 Å². The number of carbonyl (C=O) groups is 1. The second-order valence-electron chi connectivity index (χ2n) is 6.93. The molecule has 28 heavy (non-hydrogen) atoms. The molecule has 1 atom stereocenters. The summed E-state index contributed by atoms with van der Waals surface area (Å²) in [5, 5.41) is 8.93. The molecule has 1 aliphatic rings. The van der Waals surface area contributed by atoms with E-state index in [1.165, 1.54) is 5.56 Å². The van der Waals surface area contributed by atoms with Crippen LogP contribution in [0.2, 0.25) is 0 Å². The monoisotopic (exact) mass is 381 g/mol. The van der Waals surface area contributed by atoms with Crippen molar-refractivity contribution in [3.05, 3.63) is 54.0 Å². The Kier molecular flexibility index (Phi) is 7.10. The van der Waals surface area contributed by atoms with Gasteiger partial charge in [-0.05, 0) is 56.1 Å². The van der Waals surface area contributed by atoms with Crippen molar-refractivity contribution in [2.45, 2.75) is 38.8 Å². The first kappa shape index (κ1) is 20.0. The molecule has 2 heterocycles. The Balaban J connectivity index is 1.65. The molecule has 1 saturated heterocycles. The molecule has 1 fully saturated rings. The number of rotatable bonds is 9. The number of benzene rings is 1. The molecule has 0 aliphatic carbocycles. The summed E-state index contributed by atoms with van der Waals surface area (Å²) < 4.78 is 10.9. The van der Waals surface area contributed by atoms with Crippen LogP contribution in [0.25, 0.3) is 0 Å². The average Bonchev–Trinajstić information content (AvgIpc) is 3.38. The number of likely N-dealkylation sites (tertiary alicyclic amines) is 1. The van der Waals surface area contributed by atoms with Gasteiger partial charge in [0, 0.05) is 12.6 Å². The van der Waals surface area contributed by atoms with Crippen molar-refractivity contribution >= 4 is 5.91 Å². The van der Waals surface area contributed by atoms with Crippen LogP contribution in [0.1, 0.15) is 43.6 Å². The summed E-state index contributed by atoms with van der Waals surface area (Å²) in [6, 6.07) is 14.2. The van der Waals surface area contributed by atoms with Gasteiger partial charge in [-0.1, -0.05) is 12.1 Å². The van der Waals surface area contributed by atoms with Crippen molar-refractivity contribution in [1.29, 1.82) is 5.26 Å². The van der Waals surface area contributed by atoms with Crippen LogP contribution in [0.15, 0.2) is 47.1 Å². The molecule has 148 valence electrons. The van der Waals surface area contributed by atoms with Crippen LogP contribution in [0.4, 0.5) is 0 Å². The van der Waals surface area contributed by atoms with Crippen LogP contribution >= 0.6 is 0 Å². The van der Waals surface area contributed by atoms with Gasteiger partial charge >= 0.3 is 0 Å². The van der Waals surface area contributed by atoms with E-state index < -0.39 is 0 Å². The third-order valence-electron chi connectivity index (χ3n) is 5.05. The SMILES string of the molecule is CCOc1ccc(C2CCCN2CC(=O)N(CCC#N)Cc2ccco2)cc1. The molecule has 6 heteroatoms. The van der Waals surface area contributed by atoms with Crippen LogP contribution in [0.5, 0.6) is 5.75 Å². The van der Waals surface area contributed by atoms with E-state index in [2.05, 4.69) is 23.1 Å². The summed E-state index contributed by atoms with van der Waals surface area (Å²) in [6.07, 6.45) is 4.03. The van der Waals surface area contributed by atoms with Gasteiger partial charge in [0.1, 0.15) is 11.5 Å². The van der Waals surface area contributed by atoms with Gasteiger partial charge in [0.05, 0.1) is 38.4 Å². The standard InChI is InChI=1S/C22H27N3O3/c1-2-27-19-10-8-18(9-11-19)21-7-3-13-24(21)17-22(26)25(14-5-12-23)16-20-6-4-15-28-20/h4,6,8-11,15,21H,2-3,5,7,13-14,16-17H2,1H3. The zero-order valence-corrected chi connectivity index (χ0v) is 16.3. The van der Waals surface area contributed by atoms with Crippen molar-refractivity contribution < 1.29 is 13.9 Å². The minimum absolute atomic E-state index is 0.0319. The highest BCUT2D eigenvalue weighted by atomic mass is 16.5. The summed E-state index contributed by atoms with van der Waals surface area (Å²) in [7, 11) is 0. The number of nitriles is 1.